The number of aliphatic carboxylic acids is 1. The maximum absolute atomic E-state index is 13.2. The predicted molar refractivity (Wildman–Crippen MR) is 122 cm³/mol. The number of esters is 1. The summed E-state index contributed by atoms with van der Waals surface area (Å²) in [6, 6.07) is 2.81. The number of cyclic esters (lactones) is 1. The lowest BCUT2D eigenvalue weighted by Crippen LogP contribution is -2.57. The molecule has 38 heavy (non-hydrogen) atoms. The maximum Gasteiger partial charge on any atom is 0.372 e. The number of nitrogens with one attached hydrogen (secondary N) is 2. The highest BCUT2D eigenvalue weighted by Crippen LogP contribution is 2.34. The lowest BCUT2D eigenvalue weighted by Gasteiger charge is -2.30. The summed E-state index contributed by atoms with van der Waals surface area (Å²) < 4.78 is 28.9. The van der Waals surface area contributed by atoms with Crippen LogP contribution in [0.15, 0.2) is 30.3 Å². The lowest BCUT2D eigenvalue weighted by molar-refractivity contribution is -0.256. The second-order valence-electron chi connectivity index (χ2n) is 8.62. The molecular weight excluding hydrogens is 530 g/mol. The molecule has 0 radical (unpaired) electrons. The molecule has 0 saturated carbocycles. The number of urea groups is 2. The number of rotatable bonds is 7. The highest BCUT2D eigenvalue weighted by molar-refractivity contribution is 7.88. The van der Waals surface area contributed by atoms with Gasteiger partial charge in [0.25, 0.3) is 5.91 Å². The van der Waals surface area contributed by atoms with Crippen molar-refractivity contribution < 1.29 is 51.9 Å². The average Bonchev–Trinajstić information content (AvgIpc) is 3.55. The summed E-state index contributed by atoms with van der Waals surface area (Å²) in [4.78, 5) is 80.7. The van der Waals surface area contributed by atoms with Gasteiger partial charge in [0.2, 0.25) is 15.9 Å². The molecule has 3 atom stereocenters. The highest BCUT2D eigenvalue weighted by Gasteiger charge is 2.59. The number of carboxylic acids is 1. The lowest BCUT2D eigenvalue weighted by atomic mass is 10.1. The van der Waals surface area contributed by atoms with Gasteiger partial charge in [-0.1, -0.05) is 30.3 Å². The van der Waals surface area contributed by atoms with Crippen molar-refractivity contribution in [3.8, 4) is 0 Å². The summed E-state index contributed by atoms with van der Waals surface area (Å²) in [5, 5.41) is 14.7. The molecule has 1 aromatic carbocycles. The molecule has 0 spiro atoms. The second-order valence-corrected chi connectivity index (χ2v) is 10.5. The zero-order chi connectivity index (χ0) is 27.8. The molecule has 6 amide bonds. The van der Waals surface area contributed by atoms with Crippen LogP contribution in [0.2, 0.25) is 0 Å². The van der Waals surface area contributed by atoms with E-state index in [0.29, 0.717) is 14.3 Å². The summed E-state index contributed by atoms with van der Waals surface area (Å²) in [6.45, 7) is -0.992. The van der Waals surface area contributed by atoms with Gasteiger partial charge in [-0.05, 0) is 5.56 Å². The average molecular weight is 554 g/mol. The number of ether oxygens (including phenoxy) is 1. The van der Waals surface area contributed by atoms with Gasteiger partial charge in [-0.15, -0.1) is 0 Å². The molecule has 16 nitrogen and oxygen atoms in total. The Balaban J connectivity index is 1.50. The van der Waals surface area contributed by atoms with Gasteiger partial charge >= 0.3 is 29.7 Å². The number of hydrogen-bond acceptors (Lipinski definition) is 10. The van der Waals surface area contributed by atoms with E-state index in [1.165, 1.54) is 12.1 Å². The van der Waals surface area contributed by atoms with Gasteiger partial charge < -0.3 is 20.5 Å². The minimum Gasteiger partial charge on any atom is -0.477 e. The maximum atomic E-state index is 13.2. The molecule has 3 aliphatic heterocycles. The second kappa shape index (κ2) is 9.90. The number of hydroxylamine groups is 2. The third kappa shape index (κ3) is 4.84. The number of hydrogen-bond donors (Lipinski definition) is 3. The highest BCUT2D eigenvalue weighted by atomic mass is 32.2. The van der Waals surface area contributed by atoms with Crippen LogP contribution in [-0.4, -0.2) is 101 Å². The van der Waals surface area contributed by atoms with E-state index in [1.54, 1.807) is 18.2 Å². The Labute approximate surface area is 215 Å². The predicted octanol–water partition coefficient (Wildman–Crippen LogP) is -1.49. The Morgan fingerprint density at radius 3 is 2.37 bits per heavy atom. The first-order valence-electron chi connectivity index (χ1n) is 11.2. The van der Waals surface area contributed by atoms with E-state index in [1.807, 2.05) is 0 Å². The molecule has 3 fully saturated rings. The molecule has 3 aliphatic rings. The van der Waals surface area contributed by atoms with Gasteiger partial charge in [0.05, 0.1) is 25.8 Å². The summed E-state index contributed by atoms with van der Waals surface area (Å²) in [7, 11) is -3.91. The van der Waals surface area contributed by atoms with Crippen molar-refractivity contribution in [2.24, 2.45) is 0 Å². The summed E-state index contributed by atoms with van der Waals surface area (Å²) in [6.07, 6.45) is 0.201. The number of carbonyl (C=O) groups is 6. The standard InChI is InChI=1S/C21H23N5O11S/c1-38(34,35)25-10-9-24(20(25)33)19(32)23-15(12-5-3-2-4-6-12)16(28)22-13-11-36-26(17(13)29)21(18(30)31)8-7-14(27)37-21/h2-6,13,15H,7-11H2,1H3,(H,22,28)(H,23,32)(H,30,31)/t13-,15+,21?/m0/s1. The first-order chi connectivity index (χ1) is 17.8. The molecule has 1 unspecified atom stereocenters. The molecule has 17 heteroatoms. The summed E-state index contributed by atoms with van der Waals surface area (Å²) >= 11 is 0. The monoisotopic (exact) mass is 553 g/mol. The van der Waals surface area contributed by atoms with Crippen LogP contribution in [0, 0.1) is 0 Å². The number of amides is 6. The zero-order valence-electron chi connectivity index (χ0n) is 19.9. The van der Waals surface area contributed by atoms with E-state index < -0.39 is 70.3 Å². The van der Waals surface area contributed by atoms with E-state index in [0.717, 1.165) is 6.26 Å². The van der Waals surface area contributed by atoms with Crippen molar-refractivity contribution in [2.75, 3.05) is 26.0 Å². The van der Waals surface area contributed by atoms with E-state index in [2.05, 4.69) is 10.6 Å². The fourth-order valence-corrected chi connectivity index (χ4v) is 4.96. The topological polar surface area (TPSA) is 209 Å². The van der Waals surface area contributed by atoms with Gasteiger partial charge in [-0.25, -0.2) is 32.0 Å². The fraction of sp³-hybridized carbons (Fsp3) is 0.429. The van der Waals surface area contributed by atoms with Crippen molar-refractivity contribution >= 4 is 45.8 Å². The smallest absolute Gasteiger partial charge is 0.372 e. The Hall–Kier alpha value is -4.25. The SMILES string of the molecule is CS(=O)(=O)N1CCN(C(=O)N[C@@H](C(=O)N[C@H]2CON(C3(C(=O)O)CCC(=O)O3)C2=O)c2ccccc2)C1=O. The van der Waals surface area contributed by atoms with Gasteiger partial charge in [-0.3, -0.25) is 19.2 Å². The van der Waals surface area contributed by atoms with Crippen LogP contribution in [0.25, 0.3) is 0 Å². The quantitative estimate of drug-likeness (QED) is 0.331. The number of sulfonamides is 1. The van der Waals surface area contributed by atoms with Crippen molar-refractivity contribution in [1.82, 2.24) is 24.9 Å². The number of carbonyl (C=O) groups excluding carboxylic acids is 5. The Bertz CT molecular complexity index is 1300. The summed E-state index contributed by atoms with van der Waals surface area (Å²) in [5.74, 6) is -4.37. The number of carboxylic acid groups (broad SMARTS) is 1. The molecule has 3 N–H and O–H groups in total. The fourth-order valence-electron chi connectivity index (χ4n) is 4.17. The molecule has 4 rings (SSSR count). The van der Waals surface area contributed by atoms with Crippen LogP contribution >= 0.6 is 0 Å². The van der Waals surface area contributed by atoms with Crippen LogP contribution < -0.4 is 10.6 Å². The molecule has 0 aromatic heterocycles. The normalized spacial score (nSPS) is 24.4. The molecule has 3 heterocycles. The molecule has 0 bridgehead atoms. The van der Waals surface area contributed by atoms with Crippen LogP contribution in [0.3, 0.4) is 0 Å². The Kier molecular flexibility index (Phi) is 6.98. The van der Waals surface area contributed by atoms with Gasteiger partial charge in [0, 0.05) is 6.42 Å². The van der Waals surface area contributed by atoms with Crippen LogP contribution in [0.4, 0.5) is 9.59 Å². The van der Waals surface area contributed by atoms with Crippen LogP contribution in [-0.2, 0) is 38.8 Å². The van der Waals surface area contributed by atoms with Gasteiger partial charge in [-0.2, -0.15) is 5.06 Å². The molecule has 3 saturated heterocycles. The van der Waals surface area contributed by atoms with Crippen molar-refractivity contribution in [1.29, 1.82) is 0 Å². The third-order valence-electron chi connectivity index (χ3n) is 6.08. The van der Waals surface area contributed by atoms with E-state index in [9.17, 15) is 42.3 Å². The van der Waals surface area contributed by atoms with E-state index >= 15 is 0 Å². The Morgan fingerprint density at radius 1 is 1.13 bits per heavy atom. The minimum absolute atomic E-state index is 0.249. The van der Waals surface area contributed by atoms with Gasteiger partial charge in [0.1, 0.15) is 18.7 Å². The molecule has 204 valence electrons. The van der Waals surface area contributed by atoms with E-state index in [-0.39, 0.29) is 31.5 Å². The van der Waals surface area contributed by atoms with Crippen molar-refractivity contribution in [3.63, 3.8) is 0 Å². The Morgan fingerprint density at radius 2 is 1.82 bits per heavy atom. The van der Waals surface area contributed by atoms with E-state index in [4.69, 9.17) is 9.57 Å². The number of nitrogens with zero attached hydrogens (tertiary/aromatic N) is 3. The summed E-state index contributed by atoms with van der Waals surface area (Å²) in [5.41, 5.74) is -2.11. The van der Waals surface area contributed by atoms with Gasteiger partial charge in [0.15, 0.2) is 0 Å². The molecule has 1 aromatic rings. The molecule has 0 aliphatic carbocycles. The van der Waals surface area contributed by atoms with Crippen molar-refractivity contribution in [2.45, 2.75) is 30.7 Å². The zero-order valence-corrected chi connectivity index (χ0v) is 20.7. The first kappa shape index (κ1) is 26.8. The van der Waals surface area contributed by atoms with Crippen molar-refractivity contribution in [3.05, 3.63) is 35.9 Å². The third-order valence-corrected chi connectivity index (χ3v) is 7.22. The van der Waals surface area contributed by atoms with Crippen LogP contribution in [0.1, 0.15) is 24.4 Å². The first-order valence-corrected chi connectivity index (χ1v) is 13.1. The largest absolute Gasteiger partial charge is 0.477 e. The molecular formula is C21H23N5O11S. The van der Waals surface area contributed by atoms with Crippen LogP contribution in [0.5, 0.6) is 0 Å². The minimum atomic E-state index is -3.91. The number of benzene rings is 1. The number of imide groups is 1.